The molecule has 88 heavy (non-hydrogen) atoms. The molecule has 0 atom stereocenters. The summed E-state index contributed by atoms with van der Waals surface area (Å²) in [4.78, 5) is 97.7. The number of carboxylic acids is 1. The molecular weight excluding hydrogens is 1140 g/mol. The molecule has 4 saturated carbocycles. The topological polar surface area (TPSA) is 392 Å². The maximum atomic E-state index is 13.3. The smallest absolute Gasteiger partial charge is 0.870 e. The van der Waals surface area contributed by atoms with Gasteiger partial charge in [-0.25, -0.2) is 52.3 Å². The number of carboxylic acid groups (broad SMARTS) is 1. The minimum absolute atomic E-state index is 0. The maximum absolute atomic E-state index is 13.3. The summed E-state index contributed by atoms with van der Waals surface area (Å²) in [6.07, 6.45) is 12.1. The number of nitrogens with two attached hydrogens (primary N) is 1. The van der Waals surface area contributed by atoms with Crippen LogP contribution in [0.25, 0.3) is 0 Å². The van der Waals surface area contributed by atoms with E-state index in [1.807, 2.05) is 24.3 Å². The van der Waals surface area contributed by atoms with E-state index in [1.165, 1.54) is 101 Å². The number of nitrogens with one attached hydrogen (secondary N) is 2. The number of benzene rings is 2. The van der Waals surface area contributed by atoms with E-state index in [4.69, 9.17) is 20.9 Å². The summed E-state index contributed by atoms with van der Waals surface area (Å²) in [5, 5.41) is 45.2. The van der Waals surface area contributed by atoms with Gasteiger partial charge in [0.25, 0.3) is 28.1 Å². The van der Waals surface area contributed by atoms with Crippen molar-refractivity contribution in [1.82, 2.24) is 49.5 Å². The summed E-state index contributed by atoms with van der Waals surface area (Å²) in [7, 11) is 1.50. The maximum Gasteiger partial charge on any atom is 1.00 e. The van der Waals surface area contributed by atoms with Crippen LogP contribution in [0.5, 0.6) is 0 Å². The van der Waals surface area contributed by atoms with Gasteiger partial charge in [0, 0.05) is 36.7 Å². The molecule has 4 fully saturated rings. The molecule has 2 aromatic carbocycles. The number of nitrogen functional groups attached to an aromatic ring is 1. The standard InChI is InChI=1S/C20H17FN4O2.C12H11FN2.C9H10N2O3.C8H8N2O3.C6H6N2O3.C3H7BO2.Li.H2O/c21-15-3-1-2-13(11-15)10-14-4-8-18(22-12-14)23-20(27)17-7-9-19(26)25(24-17)16-5-6-16;13-11-3-1-2-9(7-11)6-10-4-5-12(14)15-8-10;1-14-9(13)7-4-5-8(12)11(10-7)6-2-3-6;11-7-4-3-6(8(12)13)9-10(7)5-1-2-5;1-11-6(10)4-2-3-5(9)8-7-4;5-4(6)3-1-2-3;;/h1-4,7-9,11-12,16H,5-6,10H2,(H,22,23,27);1-5,7-8H,6H2,(H2,14,15);4-6H,2-3H2,1H3;3-5H,1-2H2,(H,12,13);2-3H,1H3,(H,8,9);3,5-6H,1-2H2;;1H2/q;;;;;;+1;/p-1. The number of carbonyl (C=O) groups excluding carboxylic acids is 3. The number of rotatable bonds is 13. The van der Waals surface area contributed by atoms with E-state index in [0.29, 0.717) is 24.5 Å². The van der Waals surface area contributed by atoms with E-state index in [0.717, 1.165) is 73.6 Å². The van der Waals surface area contributed by atoms with Gasteiger partial charge in [-0.2, -0.15) is 20.4 Å². The number of aromatic amines is 1. The molecule has 6 heterocycles. The molecule has 8 N–H and O–H groups in total. The Morgan fingerprint density at radius 1 is 0.591 bits per heavy atom. The van der Waals surface area contributed by atoms with Gasteiger partial charge in [0.2, 0.25) is 0 Å². The van der Waals surface area contributed by atoms with Crippen molar-refractivity contribution in [2.45, 2.75) is 88.2 Å². The van der Waals surface area contributed by atoms with Crippen LogP contribution >= 0.6 is 0 Å². The van der Waals surface area contributed by atoms with Gasteiger partial charge in [0.1, 0.15) is 29.0 Å². The molecule has 0 radical (unpaired) electrons. The molecule has 4 aliphatic rings. The normalized spacial score (nSPS) is 13.2. The number of ether oxygens (including phenoxy) is 2. The van der Waals surface area contributed by atoms with Crippen molar-refractivity contribution in [2.24, 2.45) is 0 Å². The zero-order valence-electron chi connectivity index (χ0n) is 47.9. The molecule has 30 heteroatoms. The summed E-state index contributed by atoms with van der Waals surface area (Å²) in [5.41, 5.74) is 8.60. The number of methoxy groups -OCH3 is 2. The molecule has 1 amide bonds. The van der Waals surface area contributed by atoms with Gasteiger partial charge in [0.05, 0.1) is 32.3 Å². The number of aromatic carboxylic acids is 1. The third kappa shape index (κ3) is 22.3. The number of hydrogen-bond donors (Lipinski definition) is 6. The predicted molar refractivity (Wildman–Crippen MR) is 309 cm³/mol. The van der Waals surface area contributed by atoms with E-state index in [9.17, 15) is 47.1 Å². The Bertz CT molecular complexity index is 3880. The van der Waals surface area contributed by atoms with Crippen LogP contribution in [0, 0.1) is 11.6 Å². The second kappa shape index (κ2) is 33.3. The number of halogens is 2. The van der Waals surface area contributed by atoms with Crippen LogP contribution in [-0.2, 0) is 22.3 Å². The summed E-state index contributed by atoms with van der Waals surface area (Å²) in [6.45, 7) is 0. The molecule has 454 valence electrons. The first-order valence-corrected chi connectivity index (χ1v) is 26.8. The fraction of sp³-hybridized carbons (Fsp3) is 0.276. The second-order valence-electron chi connectivity index (χ2n) is 19.8. The molecule has 0 unspecified atom stereocenters. The number of esters is 2. The minimum Gasteiger partial charge on any atom is -0.870 e. The van der Waals surface area contributed by atoms with Crippen LogP contribution in [0.2, 0.25) is 5.82 Å². The molecule has 0 spiro atoms. The number of carbonyl (C=O) groups is 4. The number of amides is 1. The number of anilines is 2. The number of H-pyrrole nitrogens is 1. The zero-order chi connectivity index (χ0) is 61.9. The Hall–Kier alpha value is -9.66. The van der Waals surface area contributed by atoms with Gasteiger partial charge in [-0.15, -0.1) is 0 Å². The summed E-state index contributed by atoms with van der Waals surface area (Å²) in [5.74, 6) is -2.00. The van der Waals surface area contributed by atoms with Crippen molar-refractivity contribution >= 4 is 42.6 Å². The summed E-state index contributed by atoms with van der Waals surface area (Å²) >= 11 is 0. The summed E-state index contributed by atoms with van der Waals surface area (Å²) < 4.78 is 39.0. The van der Waals surface area contributed by atoms with Gasteiger partial charge >= 0.3 is 43.9 Å². The zero-order valence-corrected chi connectivity index (χ0v) is 47.9. The molecule has 6 aromatic heterocycles. The largest absolute Gasteiger partial charge is 1.00 e. The third-order valence-corrected chi connectivity index (χ3v) is 12.6. The Morgan fingerprint density at radius 3 is 1.42 bits per heavy atom. The molecule has 12 rings (SSSR count). The van der Waals surface area contributed by atoms with Gasteiger partial charge in [-0.3, -0.25) is 24.0 Å². The van der Waals surface area contributed by atoms with Gasteiger partial charge in [-0.1, -0.05) is 49.2 Å². The van der Waals surface area contributed by atoms with Crippen molar-refractivity contribution in [1.29, 1.82) is 0 Å². The van der Waals surface area contributed by atoms with E-state index in [-0.39, 0.29) is 105 Å². The van der Waals surface area contributed by atoms with Crippen LogP contribution < -0.4 is 52.1 Å². The van der Waals surface area contributed by atoms with Gasteiger partial charge in [0.15, 0.2) is 17.1 Å². The molecule has 0 bridgehead atoms. The van der Waals surface area contributed by atoms with E-state index < -0.39 is 30.9 Å². The van der Waals surface area contributed by atoms with Crippen molar-refractivity contribution < 1.29 is 76.9 Å². The molecule has 0 saturated heterocycles. The van der Waals surface area contributed by atoms with Crippen LogP contribution in [0.3, 0.4) is 0 Å². The van der Waals surface area contributed by atoms with Crippen molar-refractivity contribution in [3.63, 3.8) is 0 Å². The van der Waals surface area contributed by atoms with E-state index >= 15 is 0 Å². The number of nitrogens with zero attached hydrogens (tertiary/aromatic N) is 9. The molecule has 8 aromatic rings. The average Bonchev–Trinajstić information content (AvgIpc) is 2.50. The average molecular weight is 1200 g/mol. The van der Waals surface area contributed by atoms with Crippen LogP contribution in [-0.4, -0.2) is 115 Å². The monoisotopic (exact) mass is 1200 g/mol. The van der Waals surface area contributed by atoms with E-state index in [2.05, 4.69) is 50.3 Å². The number of hydrogen-bond acceptors (Lipinski definition) is 20. The molecular formula is C58H60BF2LiN12O14. The third-order valence-electron chi connectivity index (χ3n) is 12.6. The van der Waals surface area contributed by atoms with Crippen molar-refractivity contribution in [3.8, 4) is 0 Å². The Balaban J connectivity index is 0.000000202. The molecule has 4 aliphatic carbocycles. The Kier molecular flexibility index (Phi) is 26.2. The fourth-order valence-electron chi connectivity index (χ4n) is 7.51. The Morgan fingerprint density at radius 2 is 1.03 bits per heavy atom. The minimum atomic E-state index is -1.10. The fourth-order valence-corrected chi connectivity index (χ4v) is 7.51. The second-order valence-corrected chi connectivity index (χ2v) is 19.8. The molecule has 26 nitrogen and oxygen atoms in total. The quantitative estimate of drug-likeness (QED) is 0.0710. The van der Waals surface area contributed by atoms with Gasteiger partial charge in [-0.05, 0) is 140 Å². The van der Waals surface area contributed by atoms with Crippen LogP contribution in [0.1, 0.15) is 134 Å². The van der Waals surface area contributed by atoms with Crippen LogP contribution in [0.15, 0.2) is 153 Å². The number of aromatic nitrogens is 10. The van der Waals surface area contributed by atoms with E-state index in [1.54, 1.807) is 36.7 Å². The summed E-state index contributed by atoms with van der Waals surface area (Å²) in [6, 6.07) is 31.0. The van der Waals surface area contributed by atoms with Crippen molar-refractivity contribution in [2.75, 3.05) is 25.3 Å². The predicted octanol–water partition coefficient (Wildman–Crippen LogP) is 2.00. The van der Waals surface area contributed by atoms with Gasteiger partial charge < -0.3 is 41.2 Å². The first-order chi connectivity index (χ1) is 41.3. The Labute approximate surface area is 512 Å². The SMILES string of the molecule is COC(=O)c1ccc(=O)[nH]n1.COC(=O)c1ccc(=O)n(C2CC2)n1.Nc1ccc(Cc2cccc(F)c2)cn1.O=C(Nc1ccc(Cc2cccc(F)c2)cn1)c1ccc(=O)n(C2CC2)n1.O=C(O)c1ccc(=O)n(C2CC2)n1.OB(O)C1CC1.[Li+].[OH-]. The first-order valence-electron chi connectivity index (χ1n) is 26.8. The van der Waals surface area contributed by atoms with Crippen molar-refractivity contribution in [3.05, 3.63) is 232 Å². The van der Waals surface area contributed by atoms with Crippen LogP contribution in [0.4, 0.5) is 20.4 Å². The number of pyridine rings is 2. The first kappa shape index (κ1) is 69.1. The molecule has 0 aliphatic heterocycles.